The van der Waals surface area contributed by atoms with Gasteiger partial charge in [-0.05, 0) is 164 Å². The first-order valence-corrected chi connectivity index (χ1v) is 25.3. The van der Waals surface area contributed by atoms with Crippen molar-refractivity contribution in [3.05, 3.63) is 164 Å². The first-order chi connectivity index (χ1) is 31.3. The van der Waals surface area contributed by atoms with E-state index in [4.69, 9.17) is 9.98 Å². The Labute approximate surface area is 383 Å². The summed E-state index contributed by atoms with van der Waals surface area (Å²) in [4.78, 5) is 11.0. The maximum Gasteiger partial charge on any atom is 0.0675 e. The summed E-state index contributed by atoms with van der Waals surface area (Å²) in [5, 5.41) is 0. The standard InChI is InChI=1S/C62H66N2/c1-8-24-60(25-9-2)50-20-16-14-18-43(50)48-37-57-41(32-53(48)60)34-56(63-57)40-22-23-45-47-30-39(7)46(36-55(47)62(28-12-5,29-13-6)52(45)31-40)59-35-42-33-54-49(38-58(42)64-59)44-19-15-17-21-51(44)61(54,26-10-3)27-11-4/h14-23,30-33,36-38H,8-13,24-29,34-35H2,1-7H3. The number of hydrogen-bond acceptors (Lipinski definition) is 2. The Morgan fingerprint density at radius 1 is 0.375 bits per heavy atom. The quantitative estimate of drug-likeness (QED) is 0.104. The second kappa shape index (κ2) is 15.7. The van der Waals surface area contributed by atoms with Crippen LogP contribution in [0, 0.1) is 6.92 Å². The van der Waals surface area contributed by atoms with Crippen LogP contribution < -0.4 is 0 Å². The molecule has 0 unspecified atom stereocenters. The third-order valence-electron chi connectivity index (χ3n) is 16.6. The molecule has 0 N–H and O–H groups in total. The largest absolute Gasteiger partial charge is 0.252 e. The fourth-order valence-corrected chi connectivity index (χ4v) is 14.3. The van der Waals surface area contributed by atoms with Gasteiger partial charge in [-0.3, -0.25) is 9.98 Å². The van der Waals surface area contributed by atoms with E-state index in [1.54, 1.807) is 11.1 Å². The van der Waals surface area contributed by atoms with Crippen molar-refractivity contribution in [2.24, 2.45) is 9.98 Å². The third kappa shape index (κ3) is 5.82. The summed E-state index contributed by atoms with van der Waals surface area (Å²) in [5.74, 6) is 0. The summed E-state index contributed by atoms with van der Waals surface area (Å²) in [6.07, 6.45) is 15.8. The number of aryl methyl sites for hydroxylation is 1. The van der Waals surface area contributed by atoms with Crippen molar-refractivity contribution in [2.75, 3.05) is 0 Å². The average molecular weight is 839 g/mol. The van der Waals surface area contributed by atoms with Crippen molar-refractivity contribution < 1.29 is 0 Å². The number of benzene rings is 6. The predicted molar refractivity (Wildman–Crippen MR) is 272 cm³/mol. The van der Waals surface area contributed by atoms with E-state index in [9.17, 15) is 0 Å². The molecule has 0 bridgehead atoms. The molecule has 0 atom stereocenters. The fraction of sp³-hybridized carbons (Fsp3) is 0.387. The molecule has 0 amide bonds. The Bertz CT molecular complexity index is 2920. The number of rotatable bonds is 14. The summed E-state index contributed by atoms with van der Waals surface area (Å²) >= 11 is 0. The minimum Gasteiger partial charge on any atom is -0.252 e. The molecule has 0 saturated carbocycles. The molecule has 2 nitrogen and oxygen atoms in total. The SMILES string of the molecule is CCCC1(CCC)c2ccccc2-c2cc3c(cc21)CC(c1ccc2c(c1)C(CCC)(CCC)c1cc(C4=Nc5cc6c(cc5C4)C(CCC)(CCC)c4ccccc4-6)c(C)cc1-2)=N3. The fourth-order valence-electron chi connectivity index (χ4n) is 14.3. The van der Waals surface area contributed by atoms with Gasteiger partial charge in [-0.1, -0.05) is 159 Å². The van der Waals surface area contributed by atoms with Crippen LogP contribution in [-0.4, -0.2) is 11.4 Å². The van der Waals surface area contributed by atoms with Crippen LogP contribution in [0.15, 0.2) is 113 Å². The monoisotopic (exact) mass is 839 g/mol. The van der Waals surface area contributed by atoms with Gasteiger partial charge >= 0.3 is 0 Å². The Morgan fingerprint density at radius 3 is 1.30 bits per heavy atom. The van der Waals surface area contributed by atoms with Gasteiger partial charge in [-0.25, -0.2) is 0 Å². The van der Waals surface area contributed by atoms with E-state index >= 15 is 0 Å². The number of hydrogen-bond donors (Lipinski definition) is 0. The maximum atomic E-state index is 5.54. The van der Waals surface area contributed by atoms with Crippen LogP contribution in [0.25, 0.3) is 33.4 Å². The van der Waals surface area contributed by atoms with Crippen molar-refractivity contribution in [3.8, 4) is 33.4 Å². The van der Waals surface area contributed by atoms with Crippen molar-refractivity contribution >= 4 is 22.8 Å². The lowest BCUT2D eigenvalue weighted by atomic mass is 9.70. The van der Waals surface area contributed by atoms with Crippen molar-refractivity contribution in [2.45, 2.75) is 155 Å². The highest BCUT2D eigenvalue weighted by molar-refractivity contribution is 6.10. The van der Waals surface area contributed by atoms with Crippen LogP contribution in [0.4, 0.5) is 11.4 Å². The molecule has 0 saturated heterocycles. The van der Waals surface area contributed by atoms with Crippen LogP contribution >= 0.6 is 0 Å². The zero-order chi connectivity index (χ0) is 44.0. The predicted octanol–water partition coefficient (Wildman–Crippen LogP) is 16.9. The van der Waals surface area contributed by atoms with Crippen LogP contribution in [0.3, 0.4) is 0 Å². The van der Waals surface area contributed by atoms with E-state index < -0.39 is 0 Å². The maximum absolute atomic E-state index is 5.54. The lowest BCUT2D eigenvalue weighted by molar-refractivity contribution is 0.435. The molecule has 2 heterocycles. The normalized spacial score (nSPS) is 16.9. The Balaban J connectivity index is 0.965. The summed E-state index contributed by atoms with van der Waals surface area (Å²) in [5.41, 5.74) is 29.3. The van der Waals surface area contributed by atoms with E-state index in [2.05, 4.69) is 152 Å². The first kappa shape index (κ1) is 41.4. The molecule has 2 aliphatic heterocycles. The molecule has 3 aliphatic carbocycles. The summed E-state index contributed by atoms with van der Waals surface area (Å²) in [6.45, 7) is 16.5. The van der Waals surface area contributed by atoms with Crippen LogP contribution in [0.2, 0.25) is 0 Å². The molecule has 0 fully saturated rings. The highest BCUT2D eigenvalue weighted by atomic mass is 14.8. The Kier molecular flexibility index (Phi) is 10.1. The molecule has 0 spiro atoms. The summed E-state index contributed by atoms with van der Waals surface area (Å²) < 4.78 is 0. The van der Waals surface area contributed by atoms with Gasteiger partial charge in [0.25, 0.3) is 0 Å². The second-order valence-electron chi connectivity index (χ2n) is 20.3. The van der Waals surface area contributed by atoms with E-state index in [0.29, 0.717) is 0 Å². The lowest BCUT2D eigenvalue weighted by Gasteiger charge is -2.32. The van der Waals surface area contributed by atoms with Crippen LogP contribution in [0.5, 0.6) is 0 Å². The topological polar surface area (TPSA) is 24.7 Å². The number of aliphatic imine (C=N–C) groups is 2. The van der Waals surface area contributed by atoms with Gasteiger partial charge in [-0.2, -0.15) is 0 Å². The number of nitrogens with zero attached hydrogens (tertiary/aromatic N) is 2. The molecule has 64 heavy (non-hydrogen) atoms. The molecule has 11 rings (SSSR count). The number of fused-ring (bicyclic) bond motifs is 11. The molecule has 6 aromatic carbocycles. The van der Waals surface area contributed by atoms with Gasteiger partial charge in [0.15, 0.2) is 0 Å². The highest BCUT2D eigenvalue weighted by Crippen LogP contribution is 2.59. The third-order valence-corrected chi connectivity index (χ3v) is 16.6. The molecule has 0 radical (unpaired) electrons. The van der Waals surface area contributed by atoms with E-state index in [0.717, 1.165) is 38.5 Å². The average Bonchev–Trinajstić information content (AvgIpc) is 4.09. The summed E-state index contributed by atoms with van der Waals surface area (Å²) in [7, 11) is 0. The second-order valence-corrected chi connectivity index (χ2v) is 20.3. The Hall–Kier alpha value is -5.34. The van der Waals surface area contributed by atoms with Crippen molar-refractivity contribution in [3.63, 3.8) is 0 Å². The van der Waals surface area contributed by atoms with Gasteiger partial charge in [0.2, 0.25) is 0 Å². The van der Waals surface area contributed by atoms with E-state index in [-0.39, 0.29) is 16.2 Å². The first-order valence-electron chi connectivity index (χ1n) is 25.3. The molecular weight excluding hydrogens is 773 g/mol. The zero-order valence-corrected chi connectivity index (χ0v) is 39.6. The van der Waals surface area contributed by atoms with Gasteiger partial charge in [0, 0.05) is 29.1 Å². The molecular formula is C62H66N2. The van der Waals surface area contributed by atoms with Crippen LogP contribution in [-0.2, 0) is 29.1 Å². The lowest BCUT2D eigenvalue weighted by Crippen LogP contribution is -2.26. The van der Waals surface area contributed by atoms with Gasteiger partial charge in [0.1, 0.15) is 0 Å². The molecule has 5 aliphatic rings. The molecule has 2 heteroatoms. The van der Waals surface area contributed by atoms with Crippen LogP contribution in [0.1, 0.15) is 180 Å². The van der Waals surface area contributed by atoms with Gasteiger partial charge in [-0.15, -0.1) is 0 Å². The summed E-state index contributed by atoms with van der Waals surface area (Å²) in [6, 6.07) is 41.0. The molecule has 6 aromatic rings. The van der Waals surface area contributed by atoms with Gasteiger partial charge < -0.3 is 0 Å². The highest BCUT2D eigenvalue weighted by Gasteiger charge is 2.46. The smallest absolute Gasteiger partial charge is 0.0675 e. The molecule has 324 valence electrons. The van der Waals surface area contributed by atoms with E-state index in [1.165, 1.54) is 158 Å². The Morgan fingerprint density at radius 2 is 0.781 bits per heavy atom. The zero-order valence-electron chi connectivity index (χ0n) is 39.6. The minimum atomic E-state index is -0.0414. The van der Waals surface area contributed by atoms with Crippen molar-refractivity contribution in [1.29, 1.82) is 0 Å². The van der Waals surface area contributed by atoms with Gasteiger partial charge in [0.05, 0.1) is 22.8 Å². The minimum absolute atomic E-state index is 0.0414. The van der Waals surface area contributed by atoms with E-state index in [1.807, 2.05) is 0 Å². The molecule has 0 aromatic heterocycles. The van der Waals surface area contributed by atoms with Crippen molar-refractivity contribution in [1.82, 2.24) is 0 Å².